The Bertz CT molecular complexity index is 261. The van der Waals surface area contributed by atoms with Crippen LogP contribution < -0.4 is 5.73 Å². The third-order valence-electron chi connectivity index (χ3n) is 1.97. The van der Waals surface area contributed by atoms with Crippen molar-refractivity contribution in [3.8, 4) is 0 Å². The van der Waals surface area contributed by atoms with E-state index in [2.05, 4.69) is 50.1 Å². The predicted molar refractivity (Wildman–Crippen MR) is 61.0 cm³/mol. The van der Waals surface area contributed by atoms with E-state index in [9.17, 15) is 0 Å². The van der Waals surface area contributed by atoms with Gasteiger partial charge in [-0.1, -0.05) is 30.3 Å². The zero-order valence-corrected chi connectivity index (χ0v) is 9.33. The fraction of sp³-hybridized carbons (Fsp3) is 0.500. The fourth-order valence-corrected chi connectivity index (χ4v) is 1.65. The standard InChI is InChI=1S/C12H20N2/c1-12(2,13)10-14(3)9-11-7-5-4-6-8-11/h4-8H,9-10,13H2,1-3H3. The molecule has 0 unspecified atom stereocenters. The summed E-state index contributed by atoms with van der Waals surface area (Å²) in [4.78, 5) is 2.25. The number of nitrogens with two attached hydrogens (primary N) is 1. The van der Waals surface area contributed by atoms with Gasteiger partial charge in [0.05, 0.1) is 0 Å². The average Bonchev–Trinajstić information content (AvgIpc) is 2.02. The molecule has 0 aliphatic carbocycles. The summed E-state index contributed by atoms with van der Waals surface area (Å²) in [5.41, 5.74) is 7.16. The van der Waals surface area contributed by atoms with Gasteiger partial charge < -0.3 is 10.6 Å². The molecule has 14 heavy (non-hydrogen) atoms. The lowest BCUT2D eigenvalue weighted by molar-refractivity contribution is 0.263. The summed E-state index contributed by atoms with van der Waals surface area (Å²) in [7, 11) is 2.10. The maximum atomic E-state index is 5.95. The zero-order chi connectivity index (χ0) is 10.6. The molecule has 0 aromatic heterocycles. The van der Waals surface area contributed by atoms with Crippen molar-refractivity contribution >= 4 is 0 Å². The predicted octanol–water partition coefficient (Wildman–Crippen LogP) is 1.86. The molecule has 2 N–H and O–H groups in total. The van der Waals surface area contributed by atoms with E-state index in [-0.39, 0.29) is 5.54 Å². The van der Waals surface area contributed by atoms with Crippen LogP contribution in [-0.4, -0.2) is 24.0 Å². The van der Waals surface area contributed by atoms with Gasteiger partial charge in [0.2, 0.25) is 0 Å². The second kappa shape index (κ2) is 4.58. The molecule has 0 saturated carbocycles. The summed E-state index contributed by atoms with van der Waals surface area (Å²) < 4.78 is 0. The van der Waals surface area contributed by atoms with Crippen molar-refractivity contribution in [3.63, 3.8) is 0 Å². The SMILES string of the molecule is CN(Cc1ccccc1)CC(C)(C)N. The first-order valence-corrected chi connectivity index (χ1v) is 4.99. The largest absolute Gasteiger partial charge is 0.324 e. The summed E-state index contributed by atoms with van der Waals surface area (Å²) in [6.45, 7) is 5.96. The summed E-state index contributed by atoms with van der Waals surface area (Å²) in [5, 5.41) is 0. The van der Waals surface area contributed by atoms with Gasteiger partial charge in [-0.2, -0.15) is 0 Å². The first kappa shape index (κ1) is 11.2. The summed E-state index contributed by atoms with van der Waals surface area (Å²) in [6, 6.07) is 10.4. The third-order valence-corrected chi connectivity index (χ3v) is 1.97. The van der Waals surface area contributed by atoms with E-state index in [0.717, 1.165) is 13.1 Å². The van der Waals surface area contributed by atoms with Crippen LogP contribution in [0.3, 0.4) is 0 Å². The molecule has 0 saturated heterocycles. The Morgan fingerprint density at radius 1 is 1.21 bits per heavy atom. The Hall–Kier alpha value is -0.860. The van der Waals surface area contributed by atoms with Gasteiger partial charge in [0, 0.05) is 18.6 Å². The van der Waals surface area contributed by atoms with E-state index in [0.29, 0.717) is 0 Å². The molecule has 0 atom stereocenters. The molecule has 0 bridgehead atoms. The summed E-state index contributed by atoms with van der Waals surface area (Å²) in [5.74, 6) is 0. The number of rotatable bonds is 4. The van der Waals surface area contributed by atoms with Crippen LogP contribution in [-0.2, 0) is 6.54 Å². The Balaban J connectivity index is 2.46. The fourth-order valence-electron chi connectivity index (χ4n) is 1.65. The topological polar surface area (TPSA) is 29.3 Å². The molecule has 0 radical (unpaired) electrons. The van der Waals surface area contributed by atoms with Crippen LogP contribution in [0.1, 0.15) is 19.4 Å². The third kappa shape index (κ3) is 4.40. The molecular formula is C12H20N2. The highest BCUT2D eigenvalue weighted by atomic mass is 15.1. The Morgan fingerprint density at radius 2 is 1.79 bits per heavy atom. The molecule has 2 nitrogen and oxygen atoms in total. The molecule has 0 fully saturated rings. The maximum absolute atomic E-state index is 5.95. The molecule has 1 aromatic rings. The van der Waals surface area contributed by atoms with Crippen molar-refractivity contribution in [3.05, 3.63) is 35.9 Å². The molecule has 0 amide bonds. The van der Waals surface area contributed by atoms with Crippen molar-refractivity contribution in [1.82, 2.24) is 4.90 Å². The average molecular weight is 192 g/mol. The molecular weight excluding hydrogens is 172 g/mol. The molecule has 2 heteroatoms. The van der Waals surface area contributed by atoms with Crippen LogP contribution in [0.25, 0.3) is 0 Å². The molecule has 0 aliphatic rings. The Kier molecular flexibility index (Phi) is 3.67. The number of hydrogen-bond donors (Lipinski definition) is 1. The van der Waals surface area contributed by atoms with Gasteiger partial charge in [-0.05, 0) is 26.5 Å². The van der Waals surface area contributed by atoms with E-state index in [1.54, 1.807) is 0 Å². The maximum Gasteiger partial charge on any atom is 0.0231 e. The zero-order valence-electron chi connectivity index (χ0n) is 9.33. The molecule has 0 spiro atoms. The second-order valence-electron chi connectivity index (χ2n) is 4.65. The van der Waals surface area contributed by atoms with Crippen LogP contribution >= 0.6 is 0 Å². The highest BCUT2D eigenvalue weighted by Crippen LogP contribution is 2.05. The van der Waals surface area contributed by atoms with E-state index in [1.165, 1.54) is 5.56 Å². The summed E-state index contributed by atoms with van der Waals surface area (Å²) in [6.07, 6.45) is 0. The van der Waals surface area contributed by atoms with Crippen LogP contribution in [0.2, 0.25) is 0 Å². The van der Waals surface area contributed by atoms with Gasteiger partial charge >= 0.3 is 0 Å². The first-order chi connectivity index (χ1) is 6.47. The van der Waals surface area contributed by atoms with E-state index in [1.807, 2.05) is 6.07 Å². The molecule has 0 heterocycles. The first-order valence-electron chi connectivity index (χ1n) is 4.99. The molecule has 1 aromatic carbocycles. The highest BCUT2D eigenvalue weighted by molar-refractivity contribution is 5.14. The van der Waals surface area contributed by atoms with Gasteiger partial charge in [-0.25, -0.2) is 0 Å². The quantitative estimate of drug-likeness (QED) is 0.789. The lowest BCUT2D eigenvalue weighted by atomic mass is 10.1. The molecule has 78 valence electrons. The van der Waals surface area contributed by atoms with Crippen molar-refractivity contribution < 1.29 is 0 Å². The van der Waals surface area contributed by atoms with Gasteiger partial charge in [-0.3, -0.25) is 0 Å². The number of hydrogen-bond acceptors (Lipinski definition) is 2. The van der Waals surface area contributed by atoms with E-state index in [4.69, 9.17) is 5.73 Å². The van der Waals surface area contributed by atoms with Crippen molar-refractivity contribution in [1.29, 1.82) is 0 Å². The van der Waals surface area contributed by atoms with Gasteiger partial charge in [0.25, 0.3) is 0 Å². The number of nitrogens with zero attached hydrogens (tertiary/aromatic N) is 1. The highest BCUT2D eigenvalue weighted by Gasteiger charge is 2.13. The minimum atomic E-state index is -0.121. The van der Waals surface area contributed by atoms with Crippen LogP contribution in [0, 0.1) is 0 Å². The van der Waals surface area contributed by atoms with E-state index >= 15 is 0 Å². The van der Waals surface area contributed by atoms with Crippen LogP contribution in [0.15, 0.2) is 30.3 Å². The number of likely N-dealkylation sites (N-methyl/N-ethyl adjacent to an activating group) is 1. The number of benzene rings is 1. The van der Waals surface area contributed by atoms with Crippen molar-refractivity contribution in [2.45, 2.75) is 25.9 Å². The smallest absolute Gasteiger partial charge is 0.0231 e. The molecule has 1 rings (SSSR count). The van der Waals surface area contributed by atoms with E-state index < -0.39 is 0 Å². The van der Waals surface area contributed by atoms with Gasteiger partial charge in [0.15, 0.2) is 0 Å². The van der Waals surface area contributed by atoms with Gasteiger partial charge in [-0.15, -0.1) is 0 Å². The lowest BCUT2D eigenvalue weighted by Crippen LogP contribution is -2.43. The van der Waals surface area contributed by atoms with Crippen molar-refractivity contribution in [2.24, 2.45) is 5.73 Å². The molecule has 0 aliphatic heterocycles. The lowest BCUT2D eigenvalue weighted by Gasteiger charge is -2.26. The van der Waals surface area contributed by atoms with Crippen molar-refractivity contribution in [2.75, 3.05) is 13.6 Å². The monoisotopic (exact) mass is 192 g/mol. The minimum Gasteiger partial charge on any atom is -0.324 e. The van der Waals surface area contributed by atoms with Gasteiger partial charge in [0.1, 0.15) is 0 Å². The Morgan fingerprint density at radius 3 is 2.29 bits per heavy atom. The van der Waals surface area contributed by atoms with Crippen LogP contribution in [0.5, 0.6) is 0 Å². The summed E-state index contributed by atoms with van der Waals surface area (Å²) >= 11 is 0. The minimum absolute atomic E-state index is 0.121. The van der Waals surface area contributed by atoms with Crippen LogP contribution in [0.4, 0.5) is 0 Å². The second-order valence-corrected chi connectivity index (χ2v) is 4.65. The Labute approximate surface area is 86.7 Å². The normalized spacial score (nSPS) is 12.1.